The lowest BCUT2D eigenvalue weighted by atomic mass is 10.2. The molecule has 122 valence electrons. The molecule has 0 bridgehead atoms. The van der Waals surface area contributed by atoms with Gasteiger partial charge < -0.3 is 14.8 Å². The molecule has 2 N–H and O–H groups in total. The monoisotopic (exact) mass is 326 g/mol. The van der Waals surface area contributed by atoms with Gasteiger partial charge in [0.05, 0.1) is 16.7 Å². The second kappa shape index (κ2) is 5.40. The number of aromatic nitrogens is 4. The van der Waals surface area contributed by atoms with Gasteiger partial charge in [-0.2, -0.15) is 0 Å². The highest BCUT2D eigenvalue weighted by Crippen LogP contribution is 2.26. The van der Waals surface area contributed by atoms with Crippen LogP contribution in [0.2, 0.25) is 0 Å². The molecule has 7 heteroatoms. The van der Waals surface area contributed by atoms with E-state index in [0.717, 1.165) is 16.6 Å². The predicted octanol–water partition coefficient (Wildman–Crippen LogP) is 2.16. The Morgan fingerprint density at radius 3 is 2.67 bits per heavy atom. The number of pyridine rings is 1. The summed E-state index contributed by atoms with van der Waals surface area (Å²) < 4.78 is 17.1. The maximum absolute atomic E-state index is 13.5. The van der Waals surface area contributed by atoms with Gasteiger partial charge in [-0.15, -0.1) is 10.2 Å². The highest BCUT2D eigenvalue weighted by Gasteiger charge is 2.17. The molecule has 0 aliphatic heterocycles. The average molecular weight is 326 g/mol. The number of aryl methyl sites for hydroxylation is 1. The number of halogens is 1. The Labute approximate surface area is 136 Å². The summed E-state index contributed by atoms with van der Waals surface area (Å²) in [5, 5.41) is 27.6. The van der Waals surface area contributed by atoms with Crippen LogP contribution in [0.15, 0.2) is 42.5 Å². The molecule has 1 aromatic carbocycles. The first-order valence-corrected chi connectivity index (χ1v) is 7.49. The largest absolute Gasteiger partial charge is 0.363 e. The third kappa shape index (κ3) is 2.26. The van der Waals surface area contributed by atoms with Crippen LogP contribution in [0, 0.1) is 12.7 Å². The van der Waals surface area contributed by atoms with Gasteiger partial charge >= 0.3 is 0 Å². The summed E-state index contributed by atoms with van der Waals surface area (Å²) in [6, 6.07) is 11.6. The molecule has 0 fully saturated rings. The van der Waals surface area contributed by atoms with Crippen molar-refractivity contribution < 1.29 is 14.6 Å². The fraction of sp³-hybridized carbons (Fsp3) is 0.176. The first kappa shape index (κ1) is 14.8. The molecule has 24 heavy (non-hydrogen) atoms. The van der Waals surface area contributed by atoms with E-state index >= 15 is 0 Å². The smallest absolute Gasteiger partial charge is 0.194 e. The number of rotatable bonds is 3. The van der Waals surface area contributed by atoms with Gasteiger partial charge in [-0.3, -0.25) is 4.40 Å². The van der Waals surface area contributed by atoms with Crippen LogP contribution in [0.3, 0.4) is 0 Å². The molecular formula is C17H15FN4O2. The van der Waals surface area contributed by atoms with Crippen molar-refractivity contribution in [1.82, 2.24) is 19.2 Å². The molecule has 0 saturated carbocycles. The summed E-state index contributed by atoms with van der Waals surface area (Å²) in [5.74, 6) is 0.379. The second-order valence-corrected chi connectivity index (χ2v) is 5.70. The van der Waals surface area contributed by atoms with Crippen LogP contribution in [0.25, 0.3) is 16.7 Å². The van der Waals surface area contributed by atoms with E-state index in [1.807, 2.05) is 23.5 Å². The fourth-order valence-electron chi connectivity index (χ4n) is 3.07. The third-order valence-electron chi connectivity index (χ3n) is 4.12. The van der Waals surface area contributed by atoms with Gasteiger partial charge in [-0.05, 0) is 42.8 Å². The summed E-state index contributed by atoms with van der Waals surface area (Å²) in [6.45, 7) is 2.15. The fourth-order valence-corrected chi connectivity index (χ4v) is 3.07. The molecule has 3 aromatic heterocycles. The highest BCUT2D eigenvalue weighted by molar-refractivity contribution is 5.81. The minimum Gasteiger partial charge on any atom is -0.363 e. The van der Waals surface area contributed by atoms with E-state index in [-0.39, 0.29) is 5.82 Å². The first-order chi connectivity index (χ1) is 11.5. The lowest BCUT2D eigenvalue weighted by Gasteiger charge is -2.12. The summed E-state index contributed by atoms with van der Waals surface area (Å²) in [5.41, 5.74) is 3.30. The Morgan fingerprint density at radius 2 is 1.92 bits per heavy atom. The lowest BCUT2D eigenvalue weighted by molar-refractivity contribution is -0.0478. The van der Waals surface area contributed by atoms with E-state index in [2.05, 4.69) is 10.2 Å². The molecule has 4 aromatic rings. The number of aliphatic hydroxyl groups excluding tert-OH is 1. The Morgan fingerprint density at radius 1 is 1.08 bits per heavy atom. The normalized spacial score (nSPS) is 11.9. The van der Waals surface area contributed by atoms with Crippen LogP contribution in [0.4, 0.5) is 4.39 Å². The third-order valence-corrected chi connectivity index (χ3v) is 4.12. The van der Waals surface area contributed by atoms with Gasteiger partial charge in [0, 0.05) is 6.54 Å². The number of hydrogen-bond donors (Lipinski definition) is 2. The van der Waals surface area contributed by atoms with Crippen LogP contribution in [-0.4, -0.2) is 29.4 Å². The van der Waals surface area contributed by atoms with Gasteiger partial charge in [-0.25, -0.2) is 4.39 Å². The van der Waals surface area contributed by atoms with Gasteiger partial charge in [0.1, 0.15) is 11.6 Å². The van der Waals surface area contributed by atoms with Crippen molar-refractivity contribution in [2.45, 2.75) is 19.8 Å². The molecule has 4 rings (SSSR count). The van der Waals surface area contributed by atoms with Gasteiger partial charge in [0.15, 0.2) is 11.9 Å². The molecule has 0 amide bonds. The zero-order valence-electron chi connectivity index (χ0n) is 12.9. The SMILES string of the molecule is Cc1nnc2ccc3c(cc(C(O)O)n3Cc3cccc(F)c3)n12. The van der Waals surface area contributed by atoms with E-state index in [9.17, 15) is 14.6 Å². The predicted molar refractivity (Wildman–Crippen MR) is 85.9 cm³/mol. The molecule has 0 atom stereocenters. The van der Waals surface area contributed by atoms with Crippen molar-refractivity contribution in [3.63, 3.8) is 0 Å². The minimum absolute atomic E-state index is 0.320. The quantitative estimate of drug-likeness (QED) is 0.566. The van der Waals surface area contributed by atoms with E-state index < -0.39 is 6.29 Å². The van der Waals surface area contributed by atoms with E-state index in [1.54, 1.807) is 22.8 Å². The Bertz CT molecular complexity index is 1050. The molecule has 0 radical (unpaired) electrons. The van der Waals surface area contributed by atoms with Crippen LogP contribution in [-0.2, 0) is 6.54 Å². The highest BCUT2D eigenvalue weighted by atomic mass is 19.1. The lowest BCUT2D eigenvalue weighted by Crippen LogP contribution is -2.08. The van der Waals surface area contributed by atoms with Crippen molar-refractivity contribution in [3.05, 3.63) is 65.4 Å². The summed E-state index contributed by atoms with van der Waals surface area (Å²) in [7, 11) is 0. The van der Waals surface area contributed by atoms with Crippen molar-refractivity contribution >= 4 is 16.7 Å². The Hall–Kier alpha value is -2.77. The zero-order valence-corrected chi connectivity index (χ0v) is 12.9. The zero-order chi connectivity index (χ0) is 16.8. The maximum Gasteiger partial charge on any atom is 0.194 e. The topological polar surface area (TPSA) is 75.6 Å². The summed E-state index contributed by atoms with van der Waals surface area (Å²) in [4.78, 5) is 0. The second-order valence-electron chi connectivity index (χ2n) is 5.70. The van der Waals surface area contributed by atoms with Crippen molar-refractivity contribution in [2.24, 2.45) is 0 Å². The van der Waals surface area contributed by atoms with E-state index in [1.165, 1.54) is 12.1 Å². The van der Waals surface area contributed by atoms with Crippen LogP contribution >= 0.6 is 0 Å². The number of hydrogen-bond acceptors (Lipinski definition) is 4. The van der Waals surface area contributed by atoms with Crippen LogP contribution < -0.4 is 0 Å². The molecule has 6 nitrogen and oxygen atoms in total. The van der Waals surface area contributed by atoms with Crippen LogP contribution in [0.5, 0.6) is 0 Å². The molecule has 0 aliphatic rings. The van der Waals surface area contributed by atoms with Crippen molar-refractivity contribution in [1.29, 1.82) is 0 Å². The molecule has 0 aliphatic carbocycles. The van der Waals surface area contributed by atoms with Gasteiger partial charge in [0.2, 0.25) is 0 Å². The Kier molecular flexibility index (Phi) is 3.33. The van der Waals surface area contributed by atoms with E-state index in [0.29, 0.717) is 23.7 Å². The number of aliphatic hydroxyl groups is 2. The summed E-state index contributed by atoms with van der Waals surface area (Å²) >= 11 is 0. The average Bonchev–Trinajstić information content (AvgIpc) is 3.09. The first-order valence-electron chi connectivity index (χ1n) is 7.49. The molecule has 0 spiro atoms. The number of nitrogens with zero attached hydrogens (tertiary/aromatic N) is 4. The molecule has 3 heterocycles. The molecular weight excluding hydrogens is 311 g/mol. The molecule has 0 saturated heterocycles. The van der Waals surface area contributed by atoms with Crippen molar-refractivity contribution in [2.75, 3.05) is 0 Å². The van der Waals surface area contributed by atoms with Gasteiger partial charge in [0.25, 0.3) is 0 Å². The number of benzene rings is 1. The van der Waals surface area contributed by atoms with Gasteiger partial charge in [-0.1, -0.05) is 12.1 Å². The van der Waals surface area contributed by atoms with Crippen LogP contribution in [0.1, 0.15) is 23.4 Å². The molecule has 0 unspecified atom stereocenters. The Balaban J connectivity index is 1.97. The van der Waals surface area contributed by atoms with Crippen molar-refractivity contribution in [3.8, 4) is 0 Å². The standard InChI is InChI=1S/C17H15FN4O2/c1-10-19-20-16-6-5-13-14(22(10)16)8-15(17(23)24)21(13)9-11-3-2-4-12(18)7-11/h2-8,17,23-24H,9H2,1H3. The maximum atomic E-state index is 13.5. The minimum atomic E-state index is -1.64. The number of fused-ring (bicyclic) bond motifs is 3. The summed E-state index contributed by atoms with van der Waals surface area (Å²) in [6.07, 6.45) is -1.64. The van der Waals surface area contributed by atoms with E-state index in [4.69, 9.17) is 0 Å².